The molecular weight excluding hydrogens is 276 g/mol. The summed E-state index contributed by atoms with van der Waals surface area (Å²) in [6.45, 7) is 4.20. The van der Waals surface area contributed by atoms with Crippen LogP contribution in [0.4, 0.5) is 0 Å². The van der Waals surface area contributed by atoms with Gasteiger partial charge in [-0.1, -0.05) is 36.4 Å². The average Bonchev–Trinajstić information content (AvgIpc) is 3.03. The molecule has 0 fully saturated rings. The molecule has 112 valence electrons. The van der Waals surface area contributed by atoms with Crippen molar-refractivity contribution >= 4 is 16.7 Å². The van der Waals surface area contributed by atoms with E-state index in [4.69, 9.17) is 4.74 Å². The molecule has 1 atom stereocenters. The maximum atomic E-state index is 12.0. The van der Waals surface area contributed by atoms with Crippen molar-refractivity contribution in [1.29, 1.82) is 0 Å². The zero-order valence-corrected chi connectivity index (χ0v) is 12.7. The maximum absolute atomic E-state index is 12.0. The maximum Gasteiger partial charge on any atom is 0.356 e. The standard InChI is InChI=1S/C18H18N2O2/c1-3-22-18(21)17-11-19-12-20(17)13(2)15-9-8-14-6-4-5-7-16(14)10-15/h4-13H,3H2,1-2H3/t13-/m1/s1. The van der Waals surface area contributed by atoms with Gasteiger partial charge >= 0.3 is 5.97 Å². The van der Waals surface area contributed by atoms with Crippen LogP contribution in [0.5, 0.6) is 0 Å². The van der Waals surface area contributed by atoms with Gasteiger partial charge in [-0.25, -0.2) is 9.78 Å². The molecule has 0 aliphatic heterocycles. The van der Waals surface area contributed by atoms with E-state index in [0.29, 0.717) is 12.3 Å². The van der Waals surface area contributed by atoms with Gasteiger partial charge in [0.25, 0.3) is 0 Å². The molecule has 0 aliphatic carbocycles. The van der Waals surface area contributed by atoms with Crippen LogP contribution in [0.15, 0.2) is 55.0 Å². The summed E-state index contributed by atoms with van der Waals surface area (Å²) in [5, 5.41) is 2.39. The van der Waals surface area contributed by atoms with Crippen molar-refractivity contribution in [3.8, 4) is 0 Å². The van der Waals surface area contributed by atoms with E-state index in [-0.39, 0.29) is 12.0 Å². The van der Waals surface area contributed by atoms with Gasteiger partial charge in [0.05, 0.1) is 25.2 Å². The second-order valence-corrected chi connectivity index (χ2v) is 5.19. The van der Waals surface area contributed by atoms with Crippen molar-refractivity contribution in [3.63, 3.8) is 0 Å². The molecule has 3 rings (SSSR count). The third-order valence-electron chi connectivity index (χ3n) is 3.82. The van der Waals surface area contributed by atoms with E-state index in [1.165, 1.54) is 10.8 Å². The molecule has 0 amide bonds. The Morgan fingerprint density at radius 2 is 2.00 bits per heavy atom. The second kappa shape index (κ2) is 6.02. The Balaban J connectivity index is 1.97. The summed E-state index contributed by atoms with van der Waals surface area (Å²) >= 11 is 0. The van der Waals surface area contributed by atoms with E-state index < -0.39 is 0 Å². The zero-order chi connectivity index (χ0) is 15.5. The highest BCUT2D eigenvalue weighted by atomic mass is 16.5. The van der Waals surface area contributed by atoms with E-state index in [0.717, 1.165) is 5.56 Å². The summed E-state index contributed by atoms with van der Waals surface area (Å²) in [6, 6.07) is 14.6. The van der Waals surface area contributed by atoms with E-state index in [9.17, 15) is 4.79 Å². The highest BCUT2D eigenvalue weighted by Gasteiger charge is 2.18. The molecule has 22 heavy (non-hydrogen) atoms. The lowest BCUT2D eigenvalue weighted by Gasteiger charge is -2.17. The van der Waals surface area contributed by atoms with E-state index in [1.807, 2.05) is 16.7 Å². The topological polar surface area (TPSA) is 44.1 Å². The van der Waals surface area contributed by atoms with E-state index in [2.05, 4.69) is 42.2 Å². The fraction of sp³-hybridized carbons (Fsp3) is 0.222. The molecule has 0 aliphatic rings. The molecule has 0 spiro atoms. The molecule has 1 aromatic heterocycles. The minimum atomic E-state index is -0.340. The normalized spacial score (nSPS) is 12.3. The number of hydrogen-bond acceptors (Lipinski definition) is 3. The third-order valence-corrected chi connectivity index (χ3v) is 3.82. The number of ether oxygens (including phenoxy) is 1. The van der Waals surface area contributed by atoms with Gasteiger partial charge in [0, 0.05) is 0 Å². The number of esters is 1. The lowest BCUT2D eigenvalue weighted by atomic mass is 10.0. The molecular formula is C18H18N2O2. The van der Waals surface area contributed by atoms with Gasteiger partial charge in [-0.3, -0.25) is 0 Å². The van der Waals surface area contributed by atoms with Crippen molar-refractivity contribution in [1.82, 2.24) is 9.55 Å². The molecule has 0 unspecified atom stereocenters. The van der Waals surface area contributed by atoms with Crippen molar-refractivity contribution in [2.45, 2.75) is 19.9 Å². The minimum absolute atomic E-state index is 0.00603. The number of hydrogen-bond donors (Lipinski definition) is 0. The monoisotopic (exact) mass is 294 g/mol. The summed E-state index contributed by atoms with van der Waals surface area (Å²) in [7, 11) is 0. The number of fused-ring (bicyclic) bond motifs is 1. The molecule has 1 heterocycles. The van der Waals surface area contributed by atoms with Crippen molar-refractivity contribution in [2.24, 2.45) is 0 Å². The largest absolute Gasteiger partial charge is 0.461 e. The number of aromatic nitrogens is 2. The van der Waals surface area contributed by atoms with Gasteiger partial charge in [-0.05, 0) is 36.2 Å². The molecule has 0 saturated carbocycles. The first-order valence-corrected chi connectivity index (χ1v) is 7.38. The Morgan fingerprint density at radius 3 is 2.77 bits per heavy atom. The number of rotatable bonds is 4. The minimum Gasteiger partial charge on any atom is -0.461 e. The van der Waals surface area contributed by atoms with Crippen molar-refractivity contribution < 1.29 is 9.53 Å². The number of nitrogens with zero attached hydrogens (tertiary/aromatic N) is 2. The average molecular weight is 294 g/mol. The first kappa shape index (κ1) is 14.3. The molecule has 2 aromatic carbocycles. The first-order chi connectivity index (χ1) is 10.7. The van der Waals surface area contributed by atoms with Crippen LogP contribution in [0.2, 0.25) is 0 Å². The van der Waals surface area contributed by atoms with Crippen LogP contribution in [0.1, 0.15) is 35.9 Å². The Labute approximate surface area is 129 Å². The van der Waals surface area contributed by atoms with E-state index in [1.54, 1.807) is 19.4 Å². The van der Waals surface area contributed by atoms with Gasteiger partial charge in [-0.15, -0.1) is 0 Å². The summed E-state index contributed by atoms with van der Waals surface area (Å²) in [4.78, 5) is 16.1. The van der Waals surface area contributed by atoms with Gasteiger partial charge in [0.1, 0.15) is 5.69 Å². The number of carbonyl (C=O) groups excluding carboxylic acids is 1. The van der Waals surface area contributed by atoms with Crippen LogP contribution in [0, 0.1) is 0 Å². The lowest BCUT2D eigenvalue weighted by molar-refractivity contribution is 0.0512. The lowest BCUT2D eigenvalue weighted by Crippen LogP contribution is -2.15. The number of benzene rings is 2. The molecule has 0 bridgehead atoms. The summed E-state index contributed by atoms with van der Waals surface area (Å²) in [5.41, 5.74) is 1.60. The quantitative estimate of drug-likeness (QED) is 0.687. The Bertz CT molecular complexity index is 807. The first-order valence-electron chi connectivity index (χ1n) is 7.38. The van der Waals surface area contributed by atoms with E-state index >= 15 is 0 Å². The van der Waals surface area contributed by atoms with Gasteiger partial charge in [0.2, 0.25) is 0 Å². The molecule has 4 heteroatoms. The van der Waals surface area contributed by atoms with Crippen molar-refractivity contribution in [3.05, 3.63) is 66.2 Å². The van der Waals surface area contributed by atoms with Crippen LogP contribution in [-0.2, 0) is 4.74 Å². The number of imidazole rings is 1. The van der Waals surface area contributed by atoms with Crippen molar-refractivity contribution in [2.75, 3.05) is 6.61 Å². The van der Waals surface area contributed by atoms with Gasteiger partial charge in [0.15, 0.2) is 0 Å². The highest BCUT2D eigenvalue weighted by Crippen LogP contribution is 2.24. The predicted octanol–water partition coefficient (Wildman–Crippen LogP) is 3.82. The molecule has 4 nitrogen and oxygen atoms in total. The molecule has 0 N–H and O–H groups in total. The summed E-state index contributed by atoms with van der Waals surface area (Å²) in [6.07, 6.45) is 3.22. The molecule has 0 radical (unpaired) electrons. The second-order valence-electron chi connectivity index (χ2n) is 5.19. The Hall–Kier alpha value is -2.62. The number of carbonyl (C=O) groups is 1. The molecule has 3 aromatic rings. The van der Waals surface area contributed by atoms with Crippen LogP contribution in [-0.4, -0.2) is 22.1 Å². The van der Waals surface area contributed by atoms with Crippen LogP contribution in [0.25, 0.3) is 10.8 Å². The SMILES string of the molecule is CCOC(=O)c1cncn1[C@H](C)c1ccc2ccccc2c1. The van der Waals surface area contributed by atoms with Crippen LogP contribution >= 0.6 is 0 Å². The summed E-state index contributed by atoms with van der Waals surface area (Å²) in [5.74, 6) is -0.340. The smallest absolute Gasteiger partial charge is 0.356 e. The van der Waals surface area contributed by atoms with Gasteiger partial charge in [-0.2, -0.15) is 0 Å². The van der Waals surface area contributed by atoms with Crippen LogP contribution < -0.4 is 0 Å². The Kier molecular flexibility index (Phi) is 3.92. The summed E-state index contributed by atoms with van der Waals surface area (Å²) < 4.78 is 6.93. The fourth-order valence-corrected chi connectivity index (χ4v) is 2.60. The fourth-order valence-electron chi connectivity index (χ4n) is 2.60. The third kappa shape index (κ3) is 2.60. The molecule has 0 saturated heterocycles. The highest BCUT2D eigenvalue weighted by molar-refractivity contribution is 5.87. The predicted molar refractivity (Wildman–Crippen MR) is 85.9 cm³/mol. The zero-order valence-electron chi connectivity index (χ0n) is 12.7. The van der Waals surface area contributed by atoms with Crippen LogP contribution in [0.3, 0.4) is 0 Å². The van der Waals surface area contributed by atoms with Gasteiger partial charge < -0.3 is 9.30 Å². The Morgan fingerprint density at radius 1 is 1.23 bits per heavy atom.